The summed E-state index contributed by atoms with van der Waals surface area (Å²) in [6.45, 7) is 5.07. The molecule has 1 aromatic heterocycles. The molecule has 0 saturated heterocycles. The lowest BCUT2D eigenvalue weighted by atomic mass is 10.1. The number of rotatable bonds is 4. The first kappa shape index (κ1) is 11.0. The summed E-state index contributed by atoms with van der Waals surface area (Å²) in [5, 5.41) is 3.43. The van der Waals surface area contributed by atoms with E-state index < -0.39 is 0 Å². The molecule has 2 rings (SSSR count). The Morgan fingerprint density at radius 2 is 1.94 bits per heavy atom. The van der Waals surface area contributed by atoms with Crippen molar-refractivity contribution in [2.24, 2.45) is 0 Å². The van der Waals surface area contributed by atoms with Gasteiger partial charge in [-0.15, -0.1) is 0 Å². The SMILES string of the molecule is Cc1ccc(CNC(C)c2ccco2)cc1. The van der Waals surface area contributed by atoms with Gasteiger partial charge in [0.05, 0.1) is 12.3 Å². The van der Waals surface area contributed by atoms with Gasteiger partial charge < -0.3 is 9.73 Å². The van der Waals surface area contributed by atoms with Crippen molar-refractivity contribution in [2.45, 2.75) is 26.4 Å². The van der Waals surface area contributed by atoms with Gasteiger partial charge >= 0.3 is 0 Å². The third kappa shape index (κ3) is 2.74. The molecule has 84 valence electrons. The van der Waals surface area contributed by atoms with Gasteiger partial charge in [-0.3, -0.25) is 0 Å². The Morgan fingerprint density at radius 1 is 1.19 bits per heavy atom. The molecule has 0 amide bonds. The van der Waals surface area contributed by atoms with Gasteiger partial charge in [-0.1, -0.05) is 29.8 Å². The molecule has 0 saturated carbocycles. The van der Waals surface area contributed by atoms with Crippen molar-refractivity contribution in [3.63, 3.8) is 0 Å². The molecular weight excluding hydrogens is 198 g/mol. The first-order valence-corrected chi connectivity index (χ1v) is 5.58. The maximum Gasteiger partial charge on any atom is 0.120 e. The Morgan fingerprint density at radius 3 is 2.56 bits per heavy atom. The van der Waals surface area contributed by atoms with Gasteiger partial charge in [0.2, 0.25) is 0 Å². The zero-order chi connectivity index (χ0) is 11.4. The zero-order valence-electron chi connectivity index (χ0n) is 9.73. The first-order valence-electron chi connectivity index (χ1n) is 5.58. The van der Waals surface area contributed by atoms with Crippen molar-refractivity contribution in [1.29, 1.82) is 0 Å². The minimum Gasteiger partial charge on any atom is -0.468 e. The van der Waals surface area contributed by atoms with Crippen LogP contribution in [0.15, 0.2) is 47.1 Å². The average Bonchev–Trinajstić information content (AvgIpc) is 2.81. The summed E-state index contributed by atoms with van der Waals surface area (Å²) in [6, 6.07) is 12.7. The summed E-state index contributed by atoms with van der Waals surface area (Å²) in [5.41, 5.74) is 2.59. The Kier molecular flexibility index (Phi) is 3.42. The lowest BCUT2D eigenvalue weighted by Gasteiger charge is -2.11. The molecule has 0 fully saturated rings. The van der Waals surface area contributed by atoms with Crippen molar-refractivity contribution in [3.8, 4) is 0 Å². The highest BCUT2D eigenvalue weighted by Gasteiger charge is 2.06. The molecule has 2 nitrogen and oxygen atoms in total. The standard InChI is InChI=1S/C14H17NO/c1-11-5-7-13(8-6-11)10-15-12(2)14-4-3-9-16-14/h3-9,12,15H,10H2,1-2H3. The predicted octanol–water partition coefficient (Wildman–Crippen LogP) is 3.44. The molecule has 16 heavy (non-hydrogen) atoms. The van der Waals surface area contributed by atoms with E-state index in [4.69, 9.17) is 4.42 Å². The maximum atomic E-state index is 5.34. The second kappa shape index (κ2) is 4.99. The molecular formula is C14H17NO. The summed E-state index contributed by atoms with van der Waals surface area (Å²) in [5.74, 6) is 0.979. The van der Waals surface area contributed by atoms with Gasteiger partial charge in [0, 0.05) is 6.54 Å². The topological polar surface area (TPSA) is 25.2 Å². The highest BCUT2D eigenvalue weighted by molar-refractivity contribution is 5.21. The van der Waals surface area contributed by atoms with Crippen LogP contribution in [0, 0.1) is 6.92 Å². The fourth-order valence-electron chi connectivity index (χ4n) is 1.62. The fraction of sp³-hybridized carbons (Fsp3) is 0.286. The van der Waals surface area contributed by atoms with Gasteiger partial charge in [-0.25, -0.2) is 0 Å². The van der Waals surface area contributed by atoms with Crippen molar-refractivity contribution in [3.05, 3.63) is 59.5 Å². The molecule has 0 aliphatic rings. The van der Waals surface area contributed by atoms with E-state index >= 15 is 0 Å². The molecule has 0 aliphatic carbocycles. The van der Waals surface area contributed by atoms with Crippen LogP contribution >= 0.6 is 0 Å². The zero-order valence-corrected chi connectivity index (χ0v) is 9.73. The van der Waals surface area contributed by atoms with Crippen LogP contribution in [0.1, 0.15) is 29.9 Å². The van der Waals surface area contributed by atoms with Crippen molar-refractivity contribution in [1.82, 2.24) is 5.32 Å². The monoisotopic (exact) mass is 215 g/mol. The van der Waals surface area contributed by atoms with E-state index in [-0.39, 0.29) is 6.04 Å². The van der Waals surface area contributed by atoms with Gasteiger partial charge in [-0.2, -0.15) is 0 Å². The van der Waals surface area contributed by atoms with Crippen molar-refractivity contribution >= 4 is 0 Å². The fourth-order valence-corrected chi connectivity index (χ4v) is 1.62. The van der Waals surface area contributed by atoms with Crippen molar-refractivity contribution in [2.75, 3.05) is 0 Å². The molecule has 2 aromatic rings. The quantitative estimate of drug-likeness (QED) is 0.845. The molecule has 1 aromatic carbocycles. The number of aryl methyl sites for hydroxylation is 1. The number of nitrogens with one attached hydrogen (secondary N) is 1. The van der Waals surface area contributed by atoms with Gasteiger partial charge in [0.15, 0.2) is 0 Å². The number of furan rings is 1. The third-order valence-electron chi connectivity index (χ3n) is 2.70. The first-order chi connectivity index (χ1) is 7.75. The molecule has 0 bridgehead atoms. The highest BCUT2D eigenvalue weighted by atomic mass is 16.3. The normalized spacial score (nSPS) is 12.6. The van der Waals surface area contributed by atoms with E-state index in [1.165, 1.54) is 11.1 Å². The number of benzene rings is 1. The largest absolute Gasteiger partial charge is 0.468 e. The molecule has 1 unspecified atom stereocenters. The second-order valence-electron chi connectivity index (χ2n) is 4.10. The highest BCUT2D eigenvalue weighted by Crippen LogP contribution is 2.13. The van der Waals surface area contributed by atoms with Crippen LogP contribution in [-0.4, -0.2) is 0 Å². The summed E-state index contributed by atoms with van der Waals surface area (Å²) in [7, 11) is 0. The second-order valence-corrected chi connectivity index (χ2v) is 4.10. The van der Waals surface area contributed by atoms with Crippen LogP contribution in [0.25, 0.3) is 0 Å². The molecule has 0 aliphatic heterocycles. The molecule has 0 spiro atoms. The predicted molar refractivity (Wildman–Crippen MR) is 65.1 cm³/mol. The molecule has 1 atom stereocenters. The average molecular weight is 215 g/mol. The summed E-state index contributed by atoms with van der Waals surface area (Å²) in [6.07, 6.45) is 1.71. The van der Waals surface area contributed by atoms with E-state index in [1.807, 2.05) is 12.1 Å². The Labute approximate surface area is 96.3 Å². The Balaban J connectivity index is 1.90. The van der Waals surface area contributed by atoms with Gasteiger partial charge in [0.1, 0.15) is 5.76 Å². The number of hydrogen-bond donors (Lipinski definition) is 1. The molecule has 2 heteroatoms. The van der Waals surface area contributed by atoms with Crippen LogP contribution in [0.4, 0.5) is 0 Å². The van der Waals surface area contributed by atoms with E-state index in [1.54, 1.807) is 6.26 Å². The molecule has 1 heterocycles. The smallest absolute Gasteiger partial charge is 0.120 e. The summed E-state index contributed by atoms with van der Waals surface area (Å²) < 4.78 is 5.34. The van der Waals surface area contributed by atoms with Crippen LogP contribution < -0.4 is 5.32 Å². The Bertz CT molecular complexity index is 417. The van der Waals surface area contributed by atoms with Gasteiger partial charge in [0.25, 0.3) is 0 Å². The van der Waals surface area contributed by atoms with E-state index in [0.717, 1.165) is 12.3 Å². The minimum absolute atomic E-state index is 0.247. The van der Waals surface area contributed by atoms with Crippen LogP contribution in [0.3, 0.4) is 0 Å². The van der Waals surface area contributed by atoms with Crippen LogP contribution in [-0.2, 0) is 6.54 Å². The minimum atomic E-state index is 0.247. The maximum absolute atomic E-state index is 5.34. The molecule has 0 radical (unpaired) electrons. The third-order valence-corrected chi connectivity index (χ3v) is 2.70. The molecule has 1 N–H and O–H groups in total. The van der Waals surface area contributed by atoms with Crippen LogP contribution in [0.5, 0.6) is 0 Å². The number of hydrogen-bond acceptors (Lipinski definition) is 2. The van der Waals surface area contributed by atoms with E-state index in [9.17, 15) is 0 Å². The van der Waals surface area contributed by atoms with E-state index in [2.05, 4.69) is 43.4 Å². The summed E-state index contributed by atoms with van der Waals surface area (Å²) in [4.78, 5) is 0. The lowest BCUT2D eigenvalue weighted by molar-refractivity contribution is 0.430. The van der Waals surface area contributed by atoms with Gasteiger partial charge in [-0.05, 0) is 31.5 Å². The van der Waals surface area contributed by atoms with Crippen LogP contribution in [0.2, 0.25) is 0 Å². The summed E-state index contributed by atoms with van der Waals surface area (Å²) >= 11 is 0. The lowest BCUT2D eigenvalue weighted by Crippen LogP contribution is -2.17. The van der Waals surface area contributed by atoms with Crippen molar-refractivity contribution < 1.29 is 4.42 Å². The Hall–Kier alpha value is -1.54. The van der Waals surface area contributed by atoms with E-state index in [0.29, 0.717) is 0 Å².